The molecule has 0 radical (unpaired) electrons. The van der Waals surface area contributed by atoms with Crippen LogP contribution < -0.4 is 11.5 Å². The third kappa shape index (κ3) is 22.6. The van der Waals surface area contributed by atoms with Gasteiger partial charge in [0.25, 0.3) is 0 Å². The van der Waals surface area contributed by atoms with E-state index in [1.165, 1.54) is 32.1 Å². The molecular formula is C7H24N2O3. The second-order valence-corrected chi connectivity index (χ2v) is 2.35. The van der Waals surface area contributed by atoms with Gasteiger partial charge in [0.05, 0.1) is 0 Å². The topological polar surface area (TPSA) is 147 Å². The minimum absolute atomic E-state index is 0. The van der Waals surface area contributed by atoms with E-state index >= 15 is 0 Å². The third-order valence-electron chi connectivity index (χ3n) is 1.41. The van der Waals surface area contributed by atoms with Gasteiger partial charge in [-0.15, -0.1) is 0 Å². The average Bonchev–Trinajstić information content (AvgIpc) is 1.89. The highest BCUT2D eigenvalue weighted by Crippen LogP contribution is 1.99. The van der Waals surface area contributed by atoms with Crippen molar-refractivity contribution >= 4 is 0 Å². The first kappa shape index (κ1) is 22.6. The monoisotopic (exact) mass is 184 g/mol. The summed E-state index contributed by atoms with van der Waals surface area (Å²) in [5.74, 6) is 0. The molecule has 12 heavy (non-hydrogen) atoms. The number of hydrogen-bond acceptors (Lipinski definition) is 2. The van der Waals surface area contributed by atoms with E-state index in [4.69, 9.17) is 11.5 Å². The van der Waals surface area contributed by atoms with E-state index in [9.17, 15) is 0 Å². The minimum atomic E-state index is 0. The standard InChI is InChI=1S/C7H18N2.3H2O/c8-6-4-2-1-3-5-7-9;;;/h1-9H2;3*1H2. The van der Waals surface area contributed by atoms with Crippen molar-refractivity contribution in [2.45, 2.75) is 32.1 Å². The molecule has 0 saturated heterocycles. The Morgan fingerprint density at radius 3 is 1.00 bits per heavy atom. The summed E-state index contributed by atoms with van der Waals surface area (Å²) in [4.78, 5) is 0. The van der Waals surface area contributed by atoms with E-state index < -0.39 is 0 Å². The summed E-state index contributed by atoms with van der Waals surface area (Å²) in [5, 5.41) is 0. The summed E-state index contributed by atoms with van der Waals surface area (Å²) < 4.78 is 0. The Balaban J connectivity index is -0.000000107. The van der Waals surface area contributed by atoms with Crippen LogP contribution in [0.15, 0.2) is 0 Å². The minimum Gasteiger partial charge on any atom is -0.412 e. The first-order valence-electron chi connectivity index (χ1n) is 3.82. The molecule has 0 aliphatic carbocycles. The van der Waals surface area contributed by atoms with Gasteiger partial charge < -0.3 is 27.9 Å². The smallest absolute Gasteiger partial charge is 0.00773 e. The van der Waals surface area contributed by atoms with Gasteiger partial charge in [-0.3, -0.25) is 0 Å². The molecule has 0 heterocycles. The van der Waals surface area contributed by atoms with Gasteiger partial charge in [0.15, 0.2) is 0 Å². The van der Waals surface area contributed by atoms with E-state index in [0.29, 0.717) is 0 Å². The number of nitrogens with two attached hydrogens (primary N) is 2. The molecule has 0 aliphatic heterocycles. The highest BCUT2D eigenvalue weighted by Gasteiger charge is 1.85. The molecule has 0 saturated carbocycles. The molecule has 5 heteroatoms. The van der Waals surface area contributed by atoms with Crippen molar-refractivity contribution in [1.82, 2.24) is 0 Å². The lowest BCUT2D eigenvalue weighted by atomic mass is 10.1. The lowest BCUT2D eigenvalue weighted by Crippen LogP contribution is -1.99. The molecule has 0 unspecified atom stereocenters. The SMILES string of the molecule is NCCCCCCCN.O.O.O. The highest BCUT2D eigenvalue weighted by atomic mass is 16.0. The largest absolute Gasteiger partial charge is 0.412 e. The van der Waals surface area contributed by atoms with Crippen LogP contribution in [0.2, 0.25) is 0 Å². The van der Waals surface area contributed by atoms with Crippen molar-refractivity contribution in [2.75, 3.05) is 13.1 Å². The van der Waals surface area contributed by atoms with Crippen LogP contribution in [-0.4, -0.2) is 29.5 Å². The number of unbranched alkanes of at least 4 members (excludes halogenated alkanes) is 4. The van der Waals surface area contributed by atoms with Gasteiger partial charge in [0.2, 0.25) is 0 Å². The fraction of sp³-hybridized carbons (Fsp3) is 1.00. The van der Waals surface area contributed by atoms with Crippen LogP contribution in [0.1, 0.15) is 32.1 Å². The third-order valence-corrected chi connectivity index (χ3v) is 1.41. The molecule has 0 aliphatic rings. The Labute approximate surface area is 74.1 Å². The van der Waals surface area contributed by atoms with Crippen molar-refractivity contribution in [1.29, 1.82) is 0 Å². The summed E-state index contributed by atoms with van der Waals surface area (Å²) in [6, 6.07) is 0. The summed E-state index contributed by atoms with van der Waals surface area (Å²) >= 11 is 0. The number of hydrogen-bond donors (Lipinski definition) is 2. The van der Waals surface area contributed by atoms with Crippen LogP contribution >= 0.6 is 0 Å². The quantitative estimate of drug-likeness (QED) is 0.477. The van der Waals surface area contributed by atoms with Crippen LogP contribution in [0.3, 0.4) is 0 Å². The van der Waals surface area contributed by atoms with Gasteiger partial charge in [-0.2, -0.15) is 0 Å². The summed E-state index contributed by atoms with van der Waals surface area (Å²) in [6.07, 6.45) is 6.19. The van der Waals surface area contributed by atoms with E-state index in [1.807, 2.05) is 0 Å². The Bertz CT molecular complexity index is 49.9. The van der Waals surface area contributed by atoms with Crippen LogP contribution in [0.5, 0.6) is 0 Å². The molecule has 0 aromatic rings. The second-order valence-electron chi connectivity index (χ2n) is 2.35. The zero-order valence-corrected chi connectivity index (χ0v) is 7.60. The highest BCUT2D eigenvalue weighted by molar-refractivity contribution is 4.44. The average molecular weight is 184 g/mol. The molecule has 5 nitrogen and oxygen atoms in total. The molecule has 0 spiro atoms. The maximum absolute atomic E-state index is 5.32. The molecule has 10 N–H and O–H groups in total. The van der Waals surface area contributed by atoms with Gasteiger partial charge in [0, 0.05) is 0 Å². The van der Waals surface area contributed by atoms with Gasteiger partial charge in [0.1, 0.15) is 0 Å². The second kappa shape index (κ2) is 22.4. The molecule has 0 bridgehead atoms. The summed E-state index contributed by atoms with van der Waals surface area (Å²) in [7, 11) is 0. The Morgan fingerprint density at radius 1 is 0.500 bits per heavy atom. The molecular weight excluding hydrogens is 160 g/mol. The first-order valence-corrected chi connectivity index (χ1v) is 3.82. The van der Waals surface area contributed by atoms with Crippen molar-refractivity contribution < 1.29 is 16.4 Å². The van der Waals surface area contributed by atoms with Crippen LogP contribution in [0.25, 0.3) is 0 Å². The molecule has 0 atom stereocenters. The van der Waals surface area contributed by atoms with Gasteiger partial charge >= 0.3 is 0 Å². The lowest BCUT2D eigenvalue weighted by molar-refractivity contribution is 0.623. The molecule has 0 fully saturated rings. The lowest BCUT2D eigenvalue weighted by Gasteiger charge is -1.96. The Kier molecular flexibility index (Phi) is 42.3. The van der Waals surface area contributed by atoms with Crippen molar-refractivity contribution in [3.05, 3.63) is 0 Å². The molecule has 0 aromatic heterocycles. The maximum Gasteiger partial charge on any atom is -0.00773 e. The van der Waals surface area contributed by atoms with E-state index in [2.05, 4.69) is 0 Å². The van der Waals surface area contributed by atoms with Crippen molar-refractivity contribution in [3.8, 4) is 0 Å². The zero-order chi connectivity index (χ0) is 6.95. The Hall–Kier alpha value is -0.200. The zero-order valence-electron chi connectivity index (χ0n) is 7.60. The fourth-order valence-corrected chi connectivity index (χ4v) is 0.819. The predicted octanol–water partition coefficient (Wildman–Crippen LogP) is -1.62. The number of rotatable bonds is 6. The van der Waals surface area contributed by atoms with Gasteiger partial charge in [-0.25, -0.2) is 0 Å². The van der Waals surface area contributed by atoms with Gasteiger partial charge in [-0.1, -0.05) is 19.3 Å². The van der Waals surface area contributed by atoms with Crippen LogP contribution in [0.4, 0.5) is 0 Å². The van der Waals surface area contributed by atoms with Crippen LogP contribution in [0, 0.1) is 0 Å². The molecule has 0 amide bonds. The van der Waals surface area contributed by atoms with Gasteiger partial charge in [-0.05, 0) is 25.9 Å². The summed E-state index contributed by atoms with van der Waals surface area (Å²) in [6.45, 7) is 1.67. The predicted molar refractivity (Wildman–Crippen MR) is 52.0 cm³/mol. The fourth-order valence-electron chi connectivity index (χ4n) is 0.819. The van der Waals surface area contributed by atoms with Crippen molar-refractivity contribution in [2.24, 2.45) is 11.5 Å². The summed E-state index contributed by atoms with van der Waals surface area (Å²) in [5.41, 5.74) is 10.6. The Morgan fingerprint density at radius 2 is 0.750 bits per heavy atom. The molecule has 80 valence electrons. The van der Waals surface area contributed by atoms with Crippen molar-refractivity contribution in [3.63, 3.8) is 0 Å². The first-order chi connectivity index (χ1) is 4.41. The molecule has 0 rings (SSSR count). The molecule has 0 aromatic carbocycles. The maximum atomic E-state index is 5.32. The van der Waals surface area contributed by atoms with Crippen LogP contribution in [-0.2, 0) is 0 Å². The van der Waals surface area contributed by atoms with E-state index in [1.54, 1.807) is 0 Å². The normalized spacial score (nSPS) is 7.50. The van der Waals surface area contributed by atoms with E-state index in [-0.39, 0.29) is 16.4 Å². The van der Waals surface area contributed by atoms with E-state index in [0.717, 1.165) is 13.1 Å².